The molecule has 29 heavy (non-hydrogen) atoms. The Bertz CT molecular complexity index is 942. The monoisotopic (exact) mass is 397 g/mol. The highest BCUT2D eigenvalue weighted by atomic mass is 19.3. The van der Waals surface area contributed by atoms with E-state index in [1.165, 1.54) is 18.3 Å². The molecule has 0 radical (unpaired) electrons. The maximum absolute atomic E-state index is 14.8. The number of halogens is 2. The van der Waals surface area contributed by atoms with Crippen molar-refractivity contribution >= 4 is 5.97 Å². The van der Waals surface area contributed by atoms with Crippen molar-refractivity contribution in [2.24, 2.45) is 5.92 Å². The zero-order valence-electron chi connectivity index (χ0n) is 15.9. The average molecular weight is 397 g/mol. The molecule has 1 N–H and O–H groups in total. The van der Waals surface area contributed by atoms with E-state index < -0.39 is 24.2 Å². The predicted molar refractivity (Wildman–Crippen MR) is 106 cm³/mol. The number of carboxylic acids is 1. The maximum atomic E-state index is 14.8. The maximum Gasteiger partial charge on any atom is 0.307 e. The van der Waals surface area contributed by atoms with Gasteiger partial charge in [0.25, 0.3) is 5.92 Å². The molecule has 1 unspecified atom stereocenters. The molecule has 2 aromatic carbocycles. The molecule has 0 spiro atoms. The van der Waals surface area contributed by atoms with E-state index in [0.29, 0.717) is 11.4 Å². The van der Waals surface area contributed by atoms with Crippen molar-refractivity contribution in [1.82, 2.24) is 4.98 Å². The summed E-state index contributed by atoms with van der Waals surface area (Å²) in [5.74, 6) is -5.05. The van der Waals surface area contributed by atoms with E-state index in [9.17, 15) is 18.7 Å². The van der Waals surface area contributed by atoms with E-state index in [1.54, 1.807) is 49.6 Å². The Kier molecular flexibility index (Phi) is 6.22. The first-order valence-electron chi connectivity index (χ1n) is 9.14. The fourth-order valence-corrected chi connectivity index (χ4v) is 3.14. The normalized spacial score (nSPS) is 12.4. The zero-order chi connectivity index (χ0) is 20.9. The summed E-state index contributed by atoms with van der Waals surface area (Å²) in [6.45, 7) is 0. The minimum atomic E-state index is -3.27. The van der Waals surface area contributed by atoms with Crippen LogP contribution in [0.15, 0.2) is 72.9 Å². The van der Waals surface area contributed by atoms with Crippen LogP contribution in [-0.2, 0) is 17.1 Å². The van der Waals surface area contributed by atoms with Gasteiger partial charge >= 0.3 is 5.97 Å². The Morgan fingerprint density at radius 1 is 1.03 bits per heavy atom. The summed E-state index contributed by atoms with van der Waals surface area (Å²) in [4.78, 5) is 15.6. The molecule has 1 aromatic heterocycles. The van der Waals surface area contributed by atoms with E-state index in [1.807, 2.05) is 12.1 Å². The molecule has 150 valence electrons. The Labute approximate surface area is 167 Å². The lowest BCUT2D eigenvalue weighted by molar-refractivity contribution is -0.145. The molecular weight excluding hydrogens is 376 g/mol. The second-order valence-electron chi connectivity index (χ2n) is 6.77. The number of pyridine rings is 1. The first-order valence-corrected chi connectivity index (χ1v) is 9.14. The Morgan fingerprint density at radius 2 is 1.66 bits per heavy atom. The van der Waals surface area contributed by atoms with Gasteiger partial charge in [0.05, 0.1) is 13.0 Å². The molecule has 4 nitrogen and oxygen atoms in total. The standard InChI is InChI=1S/C23H21F2NO3/c1-29-21-11-7-17(8-12-21)16-5-9-19(10-6-16)23(24,25)15-18(22(27)28)14-20-4-2-3-13-26-20/h2-13,18H,14-15H2,1H3,(H,27,28). The highest BCUT2D eigenvalue weighted by Gasteiger charge is 2.37. The van der Waals surface area contributed by atoms with Crippen LogP contribution in [0.4, 0.5) is 8.78 Å². The van der Waals surface area contributed by atoms with Crippen LogP contribution in [0.2, 0.25) is 0 Å². The number of carboxylic acid groups (broad SMARTS) is 1. The third-order valence-electron chi connectivity index (χ3n) is 4.76. The summed E-state index contributed by atoms with van der Waals surface area (Å²) in [7, 11) is 1.57. The van der Waals surface area contributed by atoms with E-state index in [2.05, 4.69) is 4.98 Å². The Morgan fingerprint density at radius 3 is 2.17 bits per heavy atom. The number of aliphatic carboxylic acids is 1. The molecular formula is C23H21F2NO3. The minimum absolute atomic E-state index is 0.0459. The van der Waals surface area contributed by atoms with Gasteiger partial charge in [-0.25, -0.2) is 8.78 Å². The summed E-state index contributed by atoms with van der Waals surface area (Å²) in [5.41, 5.74) is 1.93. The van der Waals surface area contributed by atoms with Gasteiger partial charge in [-0.3, -0.25) is 9.78 Å². The van der Waals surface area contributed by atoms with Crippen LogP contribution < -0.4 is 4.74 Å². The van der Waals surface area contributed by atoms with E-state index in [4.69, 9.17) is 4.74 Å². The van der Waals surface area contributed by atoms with E-state index in [0.717, 1.165) is 11.1 Å². The molecule has 1 heterocycles. The number of methoxy groups -OCH3 is 1. The van der Waals surface area contributed by atoms with Crippen molar-refractivity contribution < 1.29 is 23.4 Å². The SMILES string of the molecule is COc1ccc(-c2ccc(C(F)(F)CC(Cc3ccccn3)C(=O)O)cc2)cc1. The topological polar surface area (TPSA) is 59.4 Å². The summed E-state index contributed by atoms with van der Waals surface area (Å²) < 4.78 is 34.7. The molecule has 0 amide bonds. The fourth-order valence-electron chi connectivity index (χ4n) is 3.14. The lowest BCUT2D eigenvalue weighted by Gasteiger charge is -2.21. The van der Waals surface area contributed by atoms with Crippen LogP contribution in [0.3, 0.4) is 0 Å². The van der Waals surface area contributed by atoms with Crippen molar-refractivity contribution in [3.05, 3.63) is 84.2 Å². The van der Waals surface area contributed by atoms with Gasteiger partial charge < -0.3 is 9.84 Å². The molecule has 1 atom stereocenters. The number of carbonyl (C=O) groups is 1. The van der Waals surface area contributed by atoms with Crippen molar-refractivity contribution in [1.29, 1.82) is 0 Å². The summed E-state index contributed by atoms with van der Waals surface area (Å²) in [6, 6.07) is 18.2. The molecule has 3 aromatic rings. The molecule has 0 aliphatic carbocycles. The molecule has 3 rings (SSSR count). The summed E-state index contributed by atoms with van der Waals surface area (Å²) in [5, 5.41) is 9.41. The first-order chi connectivity index (χ1) is 13.9. The number of rotatable bonds is 8. The zero-order valence-corrected chi connectivity index (χ0v) is 15.9. The number of alkyl halides is 2. The summed E-state index contributed by atoms with van der Waals surface area (Å²) in [6.07, 6.45) is 0.681. The second-order valence-corrected chi connectivity index (χ2v) is 6.77. The van der Waals surface area contributed by atoms with Crippen LogP contribution in [0.25, 0.3) is 11.1 Å². The number of aromatic nitrogens is 1. The fraction of sp³-hybridized carbons (Fsp3) is 0.217. The summed E-state index contributed by atoms with van der Waals surface area (Å²) >= 11 is 0. The van der Waals surface area contributed by atoms with Crippen LogP contribution in [-0.4, -0.2) is 23.2 Å². The molecule has 0 aliphatic rings. The van der Waals surface area contributed by atoms with Gasteiger partial charge in [-0.05, 0) is 35.4 Å². The van der Waals surface area contributed by atoms with Gasteiger partial charge in [0.2, 0.25) is 0 Å². The van der Waals surface area contributed by atoms with Gasteiger partial charge in [0, 0.05) is 30.3 Å². The predicted octanol–water partition coefficient (Wildman–Crippen LogP) is 5.18. The van der Waals surface area contributed by atoms with E-state index >= 15 is 0 Å². The van der Waals surface area contributed by atoms with Crippen molar-refractivity contribution in [2.45, 2.75) is 18.8 Å². The molecule has 0 saturated carbocycles. The molecule has 0 saturated heterocycles. The molecule has 0 fully saturated rings. The average Bonchev–Trinajstić information content (AvgIpc) is 2.74. The molecule has 6 heteroatoms. The lowest BCUT2D eigenvalue weighted by atomic mass is 9.91. The van der Waals surface area contributed by atoms with Crippen LogP contribution >= 0.6 is 0 Å². The van der Waals surface area contributed by atoms with Crippen molar-refractivity contribution in [2.75, 3.05) is 7.11 Å². The Hall–Kier alpha value is -3.28. The Balaban J connectivity index is 1.75. The largest absolute Gasteiger partial charge is 0.497 e. The van der Waals surface area contributed by atoms with Crippen molar-refractivity contribution in [3.8, 4) is 16.9 Å². The van der Waals surface area contributed by atoms with Crippen LogP contribution in [0.1, 0.15) is 17.7 Å². The highest BCUT2D eigenvalue weighted by Crippen LogP contribution is 2.36. The number of hydrogen-bond acceptors (Lipinski definition) is 3. The van der Waals surface area contributed by atoms with Gasteiger partial charge in [0.15, 0.2) is 0 Å². The van der Waals surface area contributed by atoms with Gasteiger partial charge in [0.1, 0.15) is 5.75 Å². The van der Waals surface area contributed by atoms with Gasteiger partial charge in [-0.1, -0.05) is 42.5 Å². The first kappa shape index (κ1) is 20.5. The van der Waals surface area contributed by atoms with Crippen LogP contribution in [0.5, 0.6) is 5.75 Å². The number of hydrogen-bond donors (Lipinski definition) is 1. The minimum Gasteiger partial charge on any atom is -0.497 e. The van der Waals surface area contributed by atoms with Gasteiger partial charge in [-0.15, -0.1) is 0 Å². The lowest BCUT2D eigenvalue weighted by Crippen LogP contribution is -2.26. The van der Waals surface area contributed by atoms with Crippen LogP contribution in [0, 0.1) is 5.92 Å². The highest BCUT2D eigenvalue weighted by molar-refractivity contribution is 5.70. The molecule has 0 bridgehead atoms. The van der Waals surface area contributed by atoms with E-state index in [-0.39, 0.29) is 12.0 Å². The number of nitrogens with zero attached hydrogens (tertiary/aromatic N) is 1. The quantitative estimate of drug-likeness (QED) is 0.569. The number of ether oxygens (including phenoxy) is 1. The van der Waals surface area contributed by atoms with Gasteiger partial charge in [-0.2, -0.15) is 0 Å². The number of benzene rings is 2. The molecule has 0 aliphatic heterocycles. The third kappa shape index (κ3) is 5.16. The van der Waals surface area contributed by atoms with Crippen molar-refractivity contribution in [3.63, 3.8) is 0 Å². The third-order valence-corrected chi connectivity index (χ3v) is 4.76. The second kappa shape index (κ2) is 8.82. The smallest absolute Gasteiger partial charge is 0.307 e.